The number of benzene rings is 3. The molecule has 0 aliphatic carbocycles. The van der Waals surface area contributed by atoms with Gasteiger partial charge < -0.3 is 21.1 Å². The Morgan fingerprint density at radius 1 is 0.925 bits per heavy atom. The first-order chi connectivity index (χ1) is 19.2. The van der Waals surface area contributed by atoms with E-state index in [2.05, 4.69) is 5.32 Å². The number of aliphatic hydroxyl groups is 1. The lowest BCUT2D eigenvalue weighted by atomic mass is 10.1. The normalized spacial score (nSPS) is 12.4. The Morgan fingerprint density at radius 2 is 1.55 bits per heavy atom. The second-order valence-corrected chi connectivity index (χ2v) is 12.3. The molecule has 4 N–H and O–H groups in total. The van der Waals surface area contributed by atoms with Crippen molar-refractivity contribution < 1.29 is 18.3 Å². The second kappa shape index (κ2) is 15.4. The summed E-state index contributed by atoms with van der Waals surface area (Å²) in [7, 11) is -3.80. The minimum Gasteiger partial charge on any atom is -0.399 e. The van der Waals surface area contributed by atoms with E-state index in [9.17, 15) is 18.3 Å². The zero-order valence-electron chi connectivity index (χ0n) is 23.4. The lowest BCUT2D eigenvalue weighted by Crippen LogP contribution is -2.44. The molecule has 0 aromatic heterocycles. The summed E-state index contributed by atoms with van der Waals surface area (Å²) < 4.78 is 28.2. The van der Waals surface area contributed by atoms with Crippen LogP contribution in [0.25, 0.3) is 0 Å². The van der Waals surface area contributed by atoms with E-state index < -0.39 is 16.1 Å². The molecule has 0 fully saturated rings. The van der Waals surface area contributed by atoms with Crippen LogP contribution < -0.4 is 16.0 Å². The summed E-state index contributed by atoms with van der Waals surface area (Å²) in [6.07, 6.45) is 1.81. The van der Waals surface area contributed by atoms with Crippen LogP contribution in [0.15, 0.2) is 89.8 Å². The number of hydrogen-bond donors (Lipinski definition) is 3. The zero-order valence-corrected chi connectivity index (χ0v) is 24.3. The highest BCUT2D eigenvalue weighted by Gasteiger charge is 2.31. The first-order valence-corrected chi connectivity index (χ1v) is 15.2. The van der Waals surface area contributed by atoms with Crippen molar-refractivity contribution in [2.45, 2.75) is 50.6 Å². The molecule has 3 aromatic carbocycles. The molecule has 216 valence electrons. The molecule has 0 spiro atoms. The number of anilines is 2. The van der Waals surface area contributed by atoms with Gasteiger partial charge in [-0.25, -0.2) is 8.42 Å². The van der Waals surface area contributed by atoms with Gasteiger partial charge in [0.25, 0.3) is 0 Å². The zero-order chi connectivity index (χ0) is 29.0. The number of para-hydroxylation sites is 1. The molecule has 0 radical (unpaired) electrons. The highest BCUT2D eigenvalue weighted by Crippen LogP contribution is 2.23. The Labute approximate surface area is 238 Å². The lowest BCUT2D eigenvalue weighted by Gasteiger charge is -2.31. The minimum absolute atomic E-state index is 0.0779. The van der Waals surface area contributed by atoms with E-state index in [-0.39, 0.29) is 29.9 Å². The highest BCUT2D eigenvalue weighted by atomic mass is 32.2. The molecule has 1 amide bonds. The number of carbonyl (C=O) groups excluding carboxylic acids is 1. The van der Waals surface area contributed by atoms with Crippen molar-refractivity contribution in [2.24, 2.45) is 5.92 Å². The fraction of sp³-hybridized carbons (Fsp3) is 0.387. The van der Waals surface area contributed by atoms with Gasteiger partial charge in [0.05, 0.1) is 18.0 Å². The number of nitrogen functional groups attached to an aromatic ring is 1. The van der Waals surface area contributed by atoms with Gasteiger partial charge in [-0.1, -0.05) is 68.8 Å². The van der Waals surface area contributed by atoms with Gasteiger partial charge in [0.15, 0.2) is 0 Å². The Balaban J connectivity index is 1.54. The number of nitrogens with zero attached hydrogens (tertiary/aromatic N) is 2. The van der Waals surface area contributed by atoms with Gasteiger partial charge >= 0.3 is 0 Å². The summed E-state index contributed by atoms with van der Waals surface area (Å²) in [4.78, 5) is 15.0. The Hall–Kier alpha value is -3.40. The van der Waals surface area contributed by atoms with E-state index in [1.807, 2.05) is 79.4 Å². The Morgan fingerprint density at radius 3 is 2.15 bits per heavy atom. The predicted molar refractivity (Wildman–Crippen MR) is 161 cm³/mol. The summed E-state index contributed by atoms with van der Waals surface area (Å²) in [5, 5.41) is 13.1. The first kappa shape index (κ1) is 31.1. The molecule has 8 nitrogen and oxygen atoms in total. The molecule has 0 saturated carbocycles. The van der Waals surface area contributed by atoms with E-state index in [1.165, 1.54) is 16.4 Å². The first-order valence-electron chi connectivity index (χ1n) is 13.8. The maximum absolute atomic E-state index is 13.4. The van der Waals surface area contributed by atoms with Gasteiger partial charge in [-0.3, -0.25) is 4.79 Å². The topological polar surface area (TPSA) is 116 Å². The average Bonchev–Trinajstić information content (AvgIpc) is 2.95. The Kier molecular flexibility index (Phi) is 12.0. The van der Waals surface area contributed by atoms with Crippen LogP contribution >= 0.6 is 0 Å². The number of sulfonamides is 1. The molecule has 0 unspecified atom stereocenters. The molecule has 0 bridgehead atoms. The third-order valence-electron chi connectivity index (χ3n) is 6.61. The lowest BCUT2D eigenvalue weighted by molar-refractivity contribution is -0.119. The molecule has 3 rings (SSSR count). The molecular formula is C31H42N4O4S. The van der Waals surface area contributed by atoms with Crippen molar-refractivity contribution in [1.82, 2.24) is 9.62 Å². The van der Waals surface area contributed by atoms with Crippen molar-refractivity contribution in [3.05, 3.63) is 90.5 Å². The molecular weight excluding hydrogens is 524 g/mol. The largest absolute Gasteiger partial charge is 0.399 e. The summed E-state index contributed by atoms with van der Waals surface area (Å²) in [5.74, 6) is 0.00574. The summed E-state index contributed by atoms with van der Waals surface area (Å²) in [6, 6.07) is 25.5. The number of carbonyl (C=O) groups is 1. The van der Waals surface area contributed by atoms with Crippen LogP contribution in [0.3, 0.4) is 0 Å². The van der Waals surface area contributed by atoms with E-state index in [4.69, 9.17) is 5.73 Å². The second-order valence-electron chi connectivity index (χ2n) is 10.4. The molecule has 0 aliphatic heterocycles. The third kappa shape index (κ3) is 9.36. The van der Waals surface area contributed by atoms with E-state index in [0.29, 0.717) is 44.6 Å². The molecule has 0 heterocycles. The van der Waals surface area contributed by atoms with E-state index in [1.54, 1.807) is 12.1 Å². The molecule has 1 atom stereocenters. The third-order valence-corrected chi connectivity index (χ3v) is 8.54. The average molecular weight is 567 g/mol. The van der Waals surface area contributed by atoms with Crippen molar-refractivity contribution in [3.8, 4) is 0 Å². The smallest absolute Gasteiger partial charge is 0.243 e. The van der Waals surface area contributed by atoms with Crippen LogP contribution in [0.2, 0.25) is 0 Å². The number of nitrogens with two attached hydrogens (primary N) is 1. The van der Waals surface area contributed by atoms with Gasteiger partial charge in [0, 0.05) is 37.1 Å². The van der Waals surface area contributed by atoms with Gasteiger partial charge in [-0.2, -0.15) is 4.31 Å². The number of hydrogen-bond acceptors (Lipinski definition) is 6. The fourth-order valence-electron chi connectivity index (χ4n) is 4.55. The molecule has 40 heavy (non-hydrogen) atoms. The molecule has 3 aromatic rings. The van der Waals surface area contributed by atoms with Gasteiger partial charge in [-0.15, -0.1) is 0 Å². The number of unbranched alkanes of at least 4 members (excludes halogenated alkanes) is 1. The molecule has 0 saturated heterocycles. The number of rotatable bonds is 16. The van der Waals surface area contributed by atoms with Crippen molar-refractivity contribution >= 4 is 27.3 Å². The SMILES string of the molecule is CC(C)CN([C@H](CO)CCCCNC(=O)CN(Cc1ccccc1)c1ccccc1)S(=O)(=O)c1ccc(N)cc1. The maximum Gasteiger partial charge on any atom is 0.243 e. The van der Waals surface area contributed by atoms with Crippen LogP contribution in [-0.4, -0.2) is 56.0 Å². The standard InChI is InChI=1S/C31H42N4O4S/c1-25(2)21-35(40(38,39)30-18-16-27(32)17-19-30)29(24-36)15-9-10-20-33-31(37)23-34(28-13-7-4-8-14-28)22-26-11-5-3-6-12-26/h3-8,11-14,16-19,25,29,36H,9-10,15,20-24,32H2,1-2H3,(H,33,37)/t29-/m0/s1. The minimum atomic E-state index is -3.80. The van der Waals surface area contributed by atoms with Gasteiger partial charge in [0.2, 0.25) is 15.9 Å². The Bertz CT molecular complexity index is 1270. The predicted octanol–water partition coefficient (Wildman–Crippen LogP) is 4.27. The van der Waals surface area contributed by atoms with Crippen LogP contribution in [0.4, 0.5) is 11.4 Å². The number of nitrogens with one attached hydrogen (secondary N) is 1. The van der Waals surface area contributed by atoms with Gasteiger partial charge in [-0.05, 0) is 60.7 Å². The maximum atomic E-state index is 13.4. The van der Waals surface area contributed by atoms with Crippen molar-refractivity contribution in [2.75, 3.05) is 36.9 Å². The summed E-state index contributed by atoms with van der Waals surface area (Å²) in [6.45, 7) is 5.23. The van der Waals surface area contributed by atoms with E-state index >= 15 is 0 Å². The van der Waals surface area contributed by atoms with Crippen LogP contribution in [0, 0.1) is 5.92 Å². The number of amides is 1. The van der Waals surface area contributed by atoms with Crippen LogP contribution in [0.5, 0.6) is 0 Å². The fourth-order valence-corrected chi connectivity index (χ4v) is 6.36. The quantitative estimate of drug-likeness (QED) is 0.176. The van der Waals surface area contributed by atoms with Gasteiger partial charge in [0.1, 0.15) is 0 Å². The summed E-state index contributed by atoms with van der Waals surface area (Å²) >= 11 is 0. The van der Waals surface area contributed by atoms with E-state index in [0.717, 1.165) is 11.3 Å². The van der Waals surface area contributed by atoms with Crippen molar-refractivity contribution in [1.29, 1.82) is 0 Å². The molecule has 0 aliphatic rings. The monoisotopic (exact) mass is 566 g/mol. The highest BCUT2D eigenvalue weighted by molar-refractivity contribution is 7.89. The van der Waals surface area contributed by atoms with Crippen LogP contribution in [0.1, 0.15) is 38.7 Å². The number of aliphatic hydroxyl groups excluding tert-OH is 1. The van der Waals surface area contributed by atoms with Crippen molar-refractivity contribution in [3.63, 3.8) is 0 Å². The summed E-state index contributed by atoms with van der Waals surface area (Å²) in [5.41, 5.74) is 8.32. The van der Waals surface area contributed by atoms with Crippen LogP contribution in [-0.2, 0) is 21.4 Å². The molecule has 9 heteroatoms.